The van der Waals surface area contributed by atoms with Crippen molar-refractivity contribution in [1.29, 1.82) is 0 Å². The maximum atomic E-state index is 12.3. The van der Waals surface area contributed by atoms with Crippen LogP contribution in [0.4, 0.5) is 5.82 Å². The molecule has 1 aliphatic heterocycles. The Bertz CT molecular complexity index is 811. The summed E-state index contributed by atoms with van der Waals surface area (Å²) in [5.74, 6) is 1.22. The molecule has 160 valence electrons. The van der Waals surface area contributed by atoms with E-state index >= 15 is 0 Å². The predicted molar refractivity (Wildman–Crippen MR) is 119 cm³/mol. The van der Waals surface area contributed by atoms with Crippen LogP contribution in [0.1, 0.15) is 59.8 Å². The highest BCUT2D eigenvalue weighted by Gasteiger charge is 2.20. The zero-order chi connectivity index (χ0) is 20.8. The largest absolute Gasteiger partial charge is 0.356 e. The average Bonchev–Trinajstić information content (AvgIpc) is 3.11. The molecule has 0 saturated carbocycles. The van der Waals surface area contributed by atoms with Gasteiger partial charge in [-0.3, -0.25) is 4.79 Å². The molecule has 0 atom stereocenters. The number of carbonyl (C=O) groups is 1. The summed E-state index contributed by atoms with van der Waals surface area (Å²) in [6, 6.07) is 0. The molecular formula is C21H34N6OS. The second kappa shape index (κ2) is 10.3. The molecule has 29 heavy (non-hydrogen) atoms. The lowest BCUT2D eigenvalue weighted by Crippen LogP contribution is -2.32. The zero-order valence-electron chi connectivity index (χ0n) is 18.1. The lowest BCUT2D eigenvalue weighted by Gasteiger charge is -2.28. The standard InChI is InChI=1S/C21H34N6OS/c1-5-16(6-2)20(28)22-10-13-27-19-17(14-23-27)18(26-11-8-7-9-12-26)24-21(25-19)29-15(3)4/h14-16H,5-13H2,1-4H3,(H,22,28). The van der Waals surface area contributed by atoms with Crippen LogP contribution in [0.3, 0.4) is 0 Å². The Kier molecular flexibility index (Phi) is 7.75. The van der Waals surface area contributed by atoms with Gasteiger partial charge < -0.3 is 10.2 Å². The molecule has 1 saturated heterocycles. The van der Waals surface area contributed by atoms with E-state index in [4.69, 9.17) is 9.97 Å². The van der Waals surface area contributed by atoms with Gasteiger partial charge in [-0.05, 0) is 32.1 Å². The van der Waals surface area contributed by atoms with Crippen molar-refractivity contribution in [3.63, 3.8) is 0 Å². The molecule has 3 heterocycles. The maximum Gasteiger partial charge on any atom is 0.223 e. The minimum absolute atomic E-state index is 0.0893. The predicted octanol–water partition coefficient (Wildman–Crippen LogP) is 3.87. The second-order valence-corrected chi connectivity index (χ2v) is 9.50. The fraction of sp³-hybridized carbons (Fsp3) is 0.714. The lowest BCUT2D eigenvalue weighted by atomic mass is 10.0. The number of hydrogen-bond acceptors (Lipinski definition) is 6. The minimum Gasteiger partial charge on any atom is -0.356 e. The van der Waals surface area contributed by atoms with Crippen molar-refractivity contribution in [3.05, 3.63) is 6.20 Å². The van der Waals surface area contributed by atoms with Gasteiger partial charge in [-0.25, -0.2) is 14.6 Å². The van der Waals surface area contributed by atoms with Gasteiger partial charge in [0.05, 0.1) is 18.1 Å². The minimum atomic E-state index is 0.0893. The highest BCUT2D eigenvalue weighted by molar-refractivity contribution is 7.99. The van der Waals surface area contributed by atoms with Crippen LogP contribution in [0.15, 0.2) is 11.4 Å². The number of anilines is 1. The van der Waals surface area contributed by atoms with Gasteiger partial charge in [0.15, 0.2) is 10.8 Å². The van der Waals surface area contributed by atoms with Crippen molar-refractivity contribution >= 4 is 34.5 Å². The van der Waals surface area contributed by atoms with Crippen molar-refractivity contribution in [3.8, 4) is 0 Å². The molecule has 0 aromatic carbocycles. The van der Waals surface area contributed by atoms with Crippen molar-refractivity contribution in [1.82, 2.24) is 25.1 Å². The quantitative estimate of drug-likeness (QED) is 0.492. The molecule has 3 rings (SSSR count). The summed E-state index contributed by atoms with van der Waals surface area (Å²) < 4.78 is 1.90. The summed E-state index contributed by atoms with van der Waals surface area (Å²) in [4.78, 5) is 24.3. The van der Waals surface area contributed by atoms with Crippen molar-refractivity contribution in [2.75, 3.05) is 24.5 Å². The Morgan fingerprint density at radius 3 is 2.55 bits per heavy atom. The van der Waals surface area contributed by atoms with Crippen LogP contribution in [0.5, 0.6) is 0 Å². The van der Waals surface area contributed by atoms with Crippen LogP contribution in [-0.4, -0.2) is 50.5 Å². The molecule has 1 N–H and O–H groups in total. The summed E-state index contributed by atoms with van der Waals surface area (Å²) in [6.07, 6.45) is 7.31. The number of nitrogens with zero attached hydrogens (tertiary/aromatic N) is 5. The summed E-state index contributed by atoms with van der Waals surface area (Å²) >= 11 is 1.68. The molecule has 0 radical (unpaired) electrons. The third-order valence-electron chi connectivity index (χ3n) is 5.43. The van der Waals surface area contributed by atoms with E-state index in [1.54, 1.807) is 11.8 Å². The fourth-order valence-corrected chi connectivity index (χ4v) is 4.48. The van der Waals surface area contributed by atoms with Crippen LogP contribution in [-0.2, 0) is 11.3 Å². The van der Waals surface area contributed by atoms with Gasteiger partial charge in [0.25, 0.3) is 0 Å². The SMILES string of the molecule is CCC(CC)C(=O)NCCn1ncc2c(N3CCCCC3)nc(SC(C)C)nc21. The number of hydrogen-bond donors (Lipinski definition) is 1. The van der Waals surface area contributed by atoms with E-state index in [0.717, 1.165) is 47.9 Å². The van der Waals surface area contributed by atoms with Gasteiger partial charge >= 0.3 is 0 Å². The van der Waals surface area contributed by atoms with E-state index in [-0.39, 0.29) is 11.8 Å². The summed E-state index contributed by atoms with van der Waals surface area (Å²) in [5, 5.41) is 9.86. The van der Waals surface area contributed by atoms with Gasteiger partial charge in [0.1, 0.15) is 5.82 Å². The number of rotatable bonds is 9. The first-order valence-corrected chi connectivity index (χ1v) is 11.8. The first kappa shape index (κ1) is 21.9. The van der Waals surface area contributed by atoms with Crippen LogP contribution in [0.25, 0.3) is 11.0 Å². The third-order valence-corrected chi connectivity index (χ3v) is 6.30. The normalized spacial score (nSPS) is 14.9. The number of fused-ring (bicyclic) bond motifs is 1. The summed E-state index contributed by atoms with van der Waals surface area (Å²) in [6.45, 7) is 11.7. The van der Waals surface area contributed by atoms with Crippen molar-refractivity contribution in [2.45, 2.75) is 76.8 Å². The molecule has 7 nitrogen and oxygen atoms in total. The zero-order valence-corrected chi connectivity index (χ0v) is 19.0. The Hall–Kier alpha value is -1.83. The Balaban J connectivity index is 1.82. The topological polar surface area (TPSA) is 75.9 Å². The molecule has 2 aromatic rings. The van der Waals surface area contributed by atoms with Gasteiger partial charge in [0.2, 0.25) is 5.91 Å². The molecule has 0 bridgehead atoms. The molecule has 2 aromatic heterocycles. The molecule has 1 fully saturated rings. The van der Waals surface area contributed by atoms with Gasteiger partial charge in [-0.2, -0.15) is 5.10 Å². The van der Waals surface area contributed by atoms with Gasteiger partial charge in [-0.15, -0.1) is 0 Å². The molecular weight excluding hydrogens is 384 g/mol. The van der Waals surface area contributed by atoms with Crippen LogP contribution in [0, 0.1) is 5.92 Å². The van der Waals surface area contributed by atoms with Crippen molar-refractivity contribution in [2.24, 2.45) is 5.92 Å². The van der Waals surface area contributed by atoms with Gasteiger partial charge in [-0.1, -0.05) is 39.5 Å². The van der Waals surface area contributed by atoms with Gasteiger partial charge in [0, 0.05) is 30.8 Å². The molecule has 0 unspecified atom stereocenters. The molecule has 0 aliphatic carbocycles. The van der Waals surface area contributed by atoms with E-state index in [2.05, 4.69) is 43.0 Å². The van der Waals surface area contributed by atoms with Crippen molar-refractivity contribution < 1.29 is 4.79 Å². The fourth-order valence-electron chi connectivity index (χ4n) is 3.78. The molecule has 1 amide bonds. The number of amides is 1. The molecule has 0 spiro atoms. The van der Waals surface area contributed by atoms with E-state index in [9.17, 15) is 4.79 Å². The Morgan fingerprint density at radius 1 is 1.17 bits per heavy atom. The number of aromatic nitrogens is 4. The maximum absolute atomic E-state index is 12.3. The second-order valence-electron chi connectivity index (χ2n) is 7.95. The molecule has 1 aliphatic rings. The summed E-state index contributed by atoms with van der Waals surface area (Å²) in [5.41, 5.74) is 0.862. The number of piperidine rings is 1. The Labute approximate surface area is 178 Å². The number of thioether (sulfide) groups is 1. The third kappa shape index (κ3) is 5.41. The van der Waals surface area contributed by atoms with E-state index in [1.165, 1.54) is 19.3 Å². The highest BCUT2D eigenvalue weighted by Crippen LogP contribution is 2.30. The van der Waals surface area contributed by atoms with E-state index in [0.29, 0.717) is 18.3 Å². The lowest BCUT2D eigenvalue weighted by molar-refractivity contribution is -0.125. The Morgan fingerprint density at radius 2 is 1.90 bits per heavy atom. The van der Waals surface area contributed by atoms with Crippen LogP contribution < -0.4 is 10.2 Å². The first-order valence-electron chi connectivity index (χ1n) is 11.0. The number of carbonyl (C=O) groups excluding carboxylic acids is 1. The van der Waals surface area contributed by atoms with Crippen LogP contribution in [0.2, 0.25) is 0 Å². The van der Waals surface area contributed by atoms with E-state index < -0.39 is 0 Å². The number of nitrogens with one attached hydrogen (secondary N) is 1. The van der Waals surface area contributed by atoms with E-state index in [1.807, 2.05) is 10.9 Å². The highest BCUT2D eigenvalue weighted by atomic mass is 32.2. The average molecular weight is 419 g/mol. The first-order chi connectivity index (χ1) is 14.0. The monoisotopic (exact) mass is 418 g/mol. The smallest absolute Gasteiger partial charge is 0.223 e. The summed E-state index contributed by atoms with van der Waals surface area (Å²) in [7, 11) is 0. The van der Waals surface area contributed by atoms with Crippen LogP contribution >= 0.6 is 11.8 Å². The molecule has 8 heteroatoms.